The van der Waals surface area contributed by atoms with Crippen molar-refractivity contribution in [2.45, 2.75) is 45.7 Å². The van der Waals surface area contributed by atoms with Crippen LogP contribution >= 0.6 is 0 Å². The van der Waals surface area contributed by atoms with Crippen molar-refractivity contribution in [2.24, 2.45) is 11.8 Å². The summed E-state index contributed by atoms with van der Waals surface area (Å²) in [4.78, 5) is 11.3. The van der Waals surface area contributed by atoms with Crippen LogP contribution in [0.25, 0.3) is 0 Å². The summed E-state index contributed by atoms with van der Waals surface area (Å²) < 4.78 is 13.4. The molecule has 12 heavy (non-hydrogen) atoms. The number of hydrogen-bond donors (Lipinski definition) is 0. The van der Waals surface area contributed by atoms with Gasteiger partial charge in [-0.2, -0.15) is 0 Å². The zero-order valence-electron chi connectivity index (χ0n) is 8.06. The molecule has 0 aromatic heterocycles. The second kappa shape index (κ2) is 3.15. The number of hydrogen-bond acceptors (Lipinski definition) is 1. The Bertz CT molecular complexity index is 184. The van der Waals surface area contributed by atoms with Crippen LogP contribution in [-0.4, -0.2) is 11.5 Å². The van der Waals surface area contributed by atoms with Crippen LogP contribution in [0.1, 0.15) is 40.0 Å². The number of carbonyl (C=O) groups is 1. The van der Waals surface area contributed by atoms with E-state index in [1.807, 2.05) is 0 Å². The minimum absolute atomic E-state index is 0.201. The van der Waals surface area contributed by atoms with Crippen molar-refractivity contribution in [1.82, 2.24) is 0 Å². The molecule has 2 atom stereocenters. The van der Waals surface area contributed by atoms with Gasteiger partial charge in [-0.25, -0.2) is 4.39 Å². The molecular formula is C10H17FO. The first-order chi connectivity index (χ1) is 5.43. The fraction of sp³-hybridized carbons (Fsp3) is 0.900. The van der Waals surface area contributed by atoms with Crippen molar-refractivity contribution in [3.63, 3.8) is 0 Å². The van der Waals surface area contributed by atoms with E-state index in [1.165, 1.54) is 6.92 Å². The van der Waals surface area contributed by atoms with E-state index in [0.717, 1.165) is 6.42 Å². The number of rotatable bonds is 1. The van der Waals surface area contributed by atoms with Crippen LogP contribution in [0.5, 0.6) is 0 Å². The van der Waals surface area contributed by atoms with Crippen LogP contribution in [-0.2, 0) is 4.79 Å². The first kappa shape index (κ1) is 9.69. The predicted octanol–water partition coefficient (Wildman–Crippen LogP) is 2.74. The lowest BCUT2D eigenvalue weighted by molar-refractivity contribution is -0.134. The number of Topliss-reactive ketones (excluding diaryl/α,β-unsaturated/α-hetero) is 1. The number of ketones is 1. The van der Waals surface area contributed by atoms with E-state index in [0.29, 0.717) is 24.7 Å². The molecule has 0 heterocycles. The van der Waals surface area contributed by atoms with Gasteiger partial charge in [0, 0.05) is 6.42 Å². The van der Waals surface area contributed by atoms with Gasteiger partial charge in [0.15, 0.2) is 11.5 Å². The van der Waals surface area contributed by atoms with Gasteiger partial charge in [0.1, 0.15) is 0 Å². The van der Waals surface area contributed by atoms with Crippen molar-refractivity contribution < 1.29 is 9.18 Å². The van der Waals surface area contributed by atoms with E-state index in [-0.39, 0.29) is 5.78 Å². The monoisotopic (exact) mass is 172 g/mol. The molecule has 2 heteroatoms. The van der Waals surface area contributed by atoms with Gasteiger partial charge in [0.2, 0.25) is 0 Å². The molecular weight excluding hydrogens is 155 g/mol. The third-order valence-electron chi connectivity index (χ3n) is 2.96. The van der Waals surface area contributed by atoms with Crippen molar-refractivity contribution >= 4 is 5.78 Å². The van der Waals surface area contributed by atoms with E-state index < -0.39 is 5.67 Å². The van der Waals surface area contributed by atoms with E-state index in [2.05, 4.69) is 13.8 Å². The highest BCUT2D eigenvalue weighted by molar-refractivity contribution is 5.87. The fourth-order valence-corrected chi connectivity index (χ4v) is 1.72. The smallest absolute Gasteiger partial charge is 0.169 e. The average molecular weight is 172 g/mol. The molecule has 1 aliphatic carbocycles. The van der Waals surface area contributed by atoms with Crippen molar-refractivity contribution in [1.29, 1.82) is 0 Å². The topological polar surface area (TPSA) is 17.1 Å². The van der Waals surface area contributed by atoms with Gasteiger partial charge in [0.05, 0.1) is 0 Å². The Balaban J connectivity index is 2.58. The van der Waals surface area contributed by atoms with E-state index in [1.54, 1.807) is 0 Å². The molecule has 0 aromatic rings. The molecule has 1 saturated carbocycles. The van der Waals surface area contributed by atoms with Crippen molar-refractivity contribution in [3.05, 3.63) is 0 Å². The SMILES string of the molecule is CC(C)[C@@H]1CC[C@](C)(F)C(=O)C1. The number of halogens is 1. The molecule has 0 radical (unpaired) electrons. The fourth-order valence-electron chi connectivity index (χ4n) is 1.72. The molecule has 0 unspecified atom stereocenters. The second-order valence-electron chi connectivity index (χ2n) is 4.37. The van der Waals surface area contributed by atoms with Crippen LogP contribution < -0.4 is 0 Å². The number of carbonyl (C=O) groups excluding carboxylic acids is 1. The third kappa shape index (κ3) is 1.85. The minimum atomic E-state index is -1.54. The summed E-state index contributed by atoms with van der Waals surface area (Å²) >= 11 is 0. The maximum Gasteiger partial charge on any atom is 0.169 e. The molecule has 1 rings (SSSR count). The van der Waals surface area contributed by atoms with Crippen LogP contribution in [0, 0.1) is 11.8 Å². The summed E-state index contributed by atoms with van der Waals surface area (Å²) in [7, 11) is 0. The Morgan fingerprint density at radius 3 is 2.58 bits per heavy atom. The Kier molecular flexibility index (Phi) is 2.55. The molecule has 0 N–H and O–H groups in total. The molecule has 1 aliphatic rings. The Morgan fingerprint density at radius 1 is 1.58 bits per heavy atom. The lowest BCUT2D eigenvalue weighted by Gasteiger charge is -2.31. The molecule has 1 nitrogen and oxygen atoms in total. The van der Waals surface area contributed by atoms with Crippen LogP contribution in [0.15, 0.2) is 0 Å². The highest BCUT2D eigenvalue weighted by Gasteiger charge is 2.39. The summed E-state index contributed by atoms with van der Waals surface area (Å²) in [6, 6.07) is 0. The summed E-state index contributed by atoms with van der Waals surface area (Å²) in [5, 5.41) is 0. The zero-order valence-corrected chi connectivity index (χ0v) is 8.06. The molecule has 0 aliphatic heterocycles. The molecule has 0 saturated heterocycles. The quantitative estimate of drug-likeness (QED) is 0.594. The standard InChI is InChI=1S/C10H17FO/c1-7(2)8-4-5-10(3,11)9(12)6-8/h7-8H,4-6H2,1-3H3/t8-,10+/m1/s1. The van der Waals surface area contributed by atoms with Crippen LogP contribution in [0.2, 0.25) is 0 Å². The van der Waals surface area contributed by atoms with E-state index in [9.17, 15) is 9.18 Å². The highest BCUT2D eigenvalue weighted by atomic mass is 19.1. The first-order valence-corrected chi connectivity index (χ1v) is 4.65. The minimum Gasteiger partial charge on any atom is -0.296 e. The molecule has 70 valence electrons. The zero-order chi connectivity index (χ0) is 9.35. The normalized spacial score (nSPS) is 37.4. The molecule has 0 spiro atoms. The summed E-state index contributed by atoms with van der Waals surface area (Å²) in [5.74, 6) is 0.707. The van der Waals surface area contributed by atoms with Gasteiger partial charge in [-0.15, -0.1) is 0 Å². The largest absolute Gasteiger partial charge is 0.296 e. The van der Waals surface area contributed by atoms with Gasteiger partial charge in [-0.05, 0) is 31.6 Å². The van der Waals surface area contributed by atoms with E-state index in [4.69, 9.17) is 0 Å². The lowest BCUT2D eigenvalue weighted by atomic mass is 9.75. The molecule has 1 fully saturated rings. The number of alkyl halides is 1. The van der Waals surface area contributed by atoms with Crippen LogP contribution in [0.4, 0.5) is 4.39 Å². The van der Waals surface area contributed by atoms with Crippen molar-refractivity contribution in [3.8, 4) is 0 Å². The van der Waals surface area contributed by atoms with Gasteiger partial charge in [-0.3, -0.25) is 4.79 Å². The lowest BCUT2D eigenvalue weighted by Crippen LogP contribution is -2.38. The summed E-state index contributed by atoms with van der Waals surface area (Å²) in [6.07, 6.45) is 1.70. The second-order valence-corrected chi connectivity index (χ2v) is 4.37. The average Bonchev–Trinajstić information content (AvgIpc) is 1.94. The van der Waals surface area contributed by atoms with Gasteiger partial charge >= 0.3 is 0 Å². The molecule has 0 amide bonds. The van der Waals surface area contributed by atoms with E-state index >= 15 is 0 Å². The first-order valence-electron chi connectivity index (χ1n) is 4.65. The maximum atomic E-state index is 13.4. The predicted molar refractivity (Wildman–Crippen MR) is 46.7 cm³/mol. The maximum absolute atomic E-state index is 13.4. The third-order valence-corrected chi connectivity index (χ3v) is 2.96. The summed E-state index contributed by atoms with van der Waals surface area (Å²) in [6.45, 7) is 5.60. The van der Waals surface area contributed by atoms with Crippen LogP contribution in [0.3, 0.4) is 0 Å². The van der Waals surface area contributed by atoms with Gasteiger partial charge < -0.3 is 0 Å². The Morgan fingerprint density at radius 2 is 2.17 bits per heavy atom. The molecule has 0 aromatic carbocycles. The Hall–Kier alpha value is -0.400. The summed E-state index contributed by atoms with van der Waals surface area (Å²) in [5.41, 5.74) is -1.54. The van der Waals surface area contributed by atoms with Gasteiger partial charge in [0.25, 0.3) is 0 Å². The van der Waals surface area contributed by atoms with Gasteiger partial charge in [-0.1, -0.05) is 13.8 Å². The molecule has 0 bridgehead atoms. The Labute approximate surface area is 73.3 Å². The highest BCUT2D eigenvalue weighted by Crippen LogP contribution is 2.35. The van der Waals surface area contributed by atoms with Crippen molar-refractivity contribution in [2.75, 3.05) is 0 Å².